The number of allylic oxidation sites excluding steroid dienone is 4. The zero-order chi connectivity index (χ0) is 33.5. The highest BCUT2D eigenvalue weighted by molar-refractivity contribution is 7.21. The molecule has 6 aliphatic rings. The van der Waals surface area contributed by atoms with Gasteiger partial charge in [0.15, 0.2) is 5.78 Å². The summed E-state index contributed by atoms with van der Waals surface area (Å²) < 4.78 is 6.63. The number of thiophene rings is 1. The van der Waals surface area contributed by atoms with Crippen molar-refractivity contribution in [3.63, 3.8) is 0 Å². The van der Waals surface area contributed by atoms with Crippen LogP contribution < -0.4 is 0 Å². The van der Waals surface area contributed by atoms with Crippen molar-refractivity contribution in [3.8, 4) is 0 Å². The lowest BCUT2D eigenvalue weighted by Crippen LogP contribution is -2.67. The third-order valence-electron chi connectivity index (χ3n) is 13.8. The number of ketones is 1. The van der Waals surface area contributed by atoms with Crippen molar-refractivity contribution < 1.29 is 24.5 Å². The Kier molecular flexibility index (Phi) is 7.41. The monoisotopic (exact) mass is 665 g/mol. The van der Waals surface area contributed by atoms with Crippen molar-refractivity contribution in [2.24, 2.45) is 33.5 Å². The molecule has 2 spiro atoms. The van der Waals surface area contributed by atoms with Crippen LogP contribution in [0.5, 0.6) is 0 Å². The number of Topliss-reactive ketones (excluding diaryl/α,β-unsaturated/α-hetero) is 1. The van der Waals surface area contributed by atoms with Gasteiger partial charge in [0.25, 0.3) is 0 Å². The fourth-order valence-electron chi connectivity index (χ4n) is 11.3. The van der Waals surface area contributed by atoms with Crippen LogP contribution in [0.3, 0.4) is 0 Å². The molecular weight excluding hydrogens is 619 g/mol. The molecule has 252 valence electrons. The topological polar surface area (TPSA) is 87.1 Å². The lowest BCUT2D eigenvalue weighted by molar-refractivity contribution is -0.175. The van der Waals surface area contributed by atoms with E-state index in [0.29, 0.717) is 19.4 Å². The van der Waals surface area contributed by atoms with E-state index < -0.39 is 28.6 Å². The Labute approximate surface area is 287 Å². The lowest BCUT2D eigenvalue weighted by atomic mass is 9.32. The van der Waals surface area contributed by atoms with Gasteiger partial charge in [-0.25, -0.2) is 4.79 Å². The molecular formula is C41H47NO5S. The molecule has 7 heteroatoms. The van der Waals surface area contributed by atoms with E-state index in [-0.39, 0.29) is 41.6 Å². The first-order valence-corrected chi connectivity index (χ1v) is 18.6. The molecule has 2 bridgehead atoms. The summed E-state index contributed by atoms with van der Waals surface area (Å²) in [4.78, 5) is 30.8. The van der Waals surface area contributed by atoms with E-state index in [2.05, 4.69) is 44.2 Å². The molecule has 0 aliphatic heterocycles. The van der Waals surface area contributed by atoms with Gasteiger partial charge in [-0.15, -0.1) is 11.3 Å². The molecule has 6 aliphatic carbocycles. The number of hydrogen-bond donors (Lipinski definition) is 2. The maximum atomic E-state index is 15.0. The average Bonchev–Trinajstić information content (AvgIpc) is 3.63. The Morgan fingerprint density at radius 1 is 0.938 bits per heavy atom. The van der Waals surface area contributed by atoms with Crippen LogP contribution in [-0.4, -0.2) is 51.8 Å². The molecule has 3 saturated carbocycles. The number of hydrogen-bond acceptors (Lipinski definition) is 6. The molecule has 3 aromatic rings. The van der Waals surface area contributed by atoms with Gasteiger partial charge in [0.2, 0.25) is 0 Å². The van der Waals surface area contributed by atoms with Crippen molar-refractivity contribution >= 4 is 33.3 Å². The van der Waals surface area contributed by atoms with Gasteiger partial charge < -0.3 is 19.8 Å². The lowest BCUT2D eigenvalue weighted by Gasteiger charge is -2.71. The molecule has 8 atom stereocenters. The molecule has 1 amide bonds. The summed E-state index contributed by atoms with van der Waals surface area (Å²) in [7, 11) is 0. The predicted octanol–water partition coefficient (Wildman–Crippen LogP) is 8.33. The van der Waals surface area contributed by atoms with Crippen LogP contribution in [0.4, 0.5) is 4.79 Å². The highest BCUT2D eigenvalue weighted by Crippen LogP contribution is 2.78. The van der Waals surface area contributed by atoms with Gasteiger partial charge in [-0.2, -0.15) is 0 Å². The summed E-state index contributed by atoms with van der Waals surface area (Å²) in [5.74, 6) is 0.313. The molecule has 3 fully saturated rings. The number of aliphatic hydroxyl groups excluding tert-OH is 1. The van der Waals surface area contributed by atoms with Crippen molar-refractivity contribution in [2.45, 2.75) is 84.0 Å². The molecule has 9 rings (SSSR count). The van der Waals surface area contributed by atoms with Gasteiger partial charge >= 0.3 is 6.09 Å². The molecule has 48 heavy (non-hydrogen) atoms. The minimum atomic E-state index is -1.16. The van der Waals surface area contributed by atoms with E-state index in [9.17, 15) is 19.8 Å². The number of ether oxygens (including phenoxy) is 1. The normalized spacial score (nSPS) is 37.8. The van der Waals surface area contributed by atoms with Crippen LogP contribution in [-0.2, 0) is 11.3 Å². The van der Waals surface area contributed by atoms with E-state index in [0.717, 1.165) is 58.2 Å². The van der Waals surface area contributed by atoms with E-state index in [1.165, 1.54) is 0 Å². The first kappa shape index (κ1) is 32.0. The molecule has 2 N–H and O–H groups in total. The number of aliphatic hydroxyl groups is 2. The van der Waals surface area contributed by atoms with Gasteiger partial charge in [-0.1, -0.05) is 80.6 Å². The zero-order valence-corrected chi connectivity index (χ0v) is 29.1. The van der Waals surface area contributed by atoms with Crippen LogP contribution in [0.25, 0.3) is 10.1 Å². The maximum Gasteiger partial charge on any atom is 0.410 e. The first-order chi connectivity index (χ1) is 23.0. The number of nitrogens with zero attached hydrogens (tertiary/aromatic N) is 1. The number of rotatable bonds is 7. The van der Waals surface area contributed by atoms with E-state index in [1.807, 2.05) is 55.5 Å². The Bertz CT molecular complexity index is 1800. The third-order valence-corrected chi connectivity index (χ3v) is 14.9. The van der Waals surface area contributed by atoms with Crippen molar-refractivity contribution in [1.82, 2.24) is 4.90 Å². The molecule has 0 radical (unpaired) electrons. The Balaban J connectivity index is 1.22. The quantitative estimate of drug-likeness (QED) is 0.196. The summed E-state index contributed by atoms with van der Waals surface area (Å²) >= 11 is 1.56. The second-order valence-electron chi connectivity index (χ2n) is 15.8. The fraction of sp³-hybridized carbons (Fsp3) is 0.512. The molecule has 2 aromatic carbocycles. The van der Waals surface area contributed by atoms with Crippen LogP contribution in [0, 0.1) is 33.5 Å². The summed E-state index contributed by atoms with van der Waals surface area (Å²) in [6.07, 6.45) is 11.5. The fourth-order valence-corrected chi connectivity index (χ4v) is 12.4. The maximum absolute atomic E-state index is 15.0. The highest BCUT2D eigenvalue weighted by Gasteiger charge is 2.74. The third kappa shape index (κ3) is 4.36. The van der Waals surface area contributed by atoms with Crippen molar-refractivity contribution in [1.29, 1.82) is 0 Å². The molecule has 8 unspecified atom stereocenters. The summed E-state index contributed by atoms with van der Waals surface area (Å²) in [5.41, 5.74) is -0.876. The van der Waals surface area contributed by atoms with Crippen molar-refractivity contribution in [2.75, 3.05) is 13.2 Å². The summed E-state index contributed by atoms with van der Waals surface area (Å²) in [6.45, 7) is 7.24. The number of carbonyl (C=O) groups is 2. The second kappa shape index (κ2) is 11.1. The SMILES string of the molecule is CCOC(=O)N(Cc1ccccc1)CC1(O)CCC2C34C=CC5(C=C3C(=O)c3cc6ccccc6s3)CC(O)CCC5(C)C4CCC21C. The summed E-state index contributed by atoms with van der Waals surface area (Å²) in [5, 5.41) is 25.0. The predicted molar refractivity (Wildman–Crippen MR) is 189 cm³/mol. The Morgan fingerprint density at radius 2 is 1.65 bits per heavy atom. The minimum absolute atomic E-state index is 0.0114. The first-order valence-electron chi connectivity index (χ1n) is 17.8. The van der Waals surface area contributed by atoms with Gasteiger partial charge in [0.1, 0.15) is 0 Å². The van der Waals surface area contributed by atoms with E-state index >= 15 is 0 Å². The Morgan fingerprint density at radius 3 is 2.42 bits per heavy atom. The second-order valence-corrected chi connectivity index (χ2v) is 16.9. The van der Waals surface area contributed by atoms with Gasteiger partial charge in [0, 0.05) is 33.1 Å². The van der Waals surface area contributed by atoms with Crippen LogP contribution in [0.2, 0.25) is 0 Å². The van der Waals surface area contributed by atoms with E-state index in [1.54, 1.807) is 16.2 Å². The molecule has 1 heterocycles. The molecule has 0 saturated heterocycles. The van der Waals surface area contributed by atoms with E-state index in [4.69, 9.17) is 4.74 Å². The van der Waals surface area contributed by atoms with Crippen LogP contribution in [0.1, 0.15) is 81.0 Å². The number of fused-ring (bicyclic) bond motifs is 2. The average molecular weight is 666 g/mol. The van der Waals surface area contributed by atoms with Crippen LogP contribution >= 0.6 is 11.3 Å². The van der Waals surface area contributed by atoms with Gasteiger partial charge in [0.05, 0.1) is 29.7 Å². The number of amides is 1. The Hall–Kier alpha value is -3.26. The van der Waals surface area contributed by atoms with Crippen molar-refractivity contribution in [3.05, 3.63) is 94.9 Å². The standard InChI is InChI=1S/C41H47NO5S/c1-4-47-36(45)42(25-27-10-6-5-7-11-27)26-40(46)19-16-34-38(40,3)18-15-33-37(2)17-14-29(43)23-39(37)20-21-41(33,34)30(24-39)35(44)32-22-28-12-8-9-13-31(28)48-32/h5-13,20-22,24,29,33-34,43,46H,4,14-19,23,25-26H2,1-3H3. The zero-order valence-electron chi connectivity index (χ0n) is 28.3. The highest BCUT2D eigenvalue weighted by atomic mass is 32.1. The summed E-state index contributed by atoms with van der Waals surface area (Å²) in [6, 6.07) is 20.1. The minimum Gasteiger partial charge on any atom is -0.450 e. The van der Waals surface area contributed by atoms with Crippen LogP contribution in [0.15, 0.2) is 84.5 Å². The largest absolute Gasteiger partial charge is 0.450 e. The molecule has 6 nitrogen and oxygen atoms in total. The number of benzene rings is 2. The number of carbonyl (C=O) groups excluding carboxylic acids is 2. The molecule has 1 aromatic heterocycles. The van der Waals surface area contributed by atoms with Gasteiger partial charge in [-0.05, 0) is 92.2 Å². The van der Waals surface area contributed by atoms with Gasteiger partial charge in [-0.3, -0.25) is 4.79 Å². The smallest absolute Gasteiger partial charge is 0.410 e.